The van der Waals surface area contributed by atoms with Crippen molar-refractivity contribution in [2.75, 3.05) is 13.2 Å². The van der Waals surface area contributed by atoms with Crippen LogP contribution in [0.25, 0.3) is 6.08 Å². The van der Waals surface area contributed by atoms with Crippen molar-refractivity contribution in [1.82, 2.24) is 4.57 Å². The van der Waals surface area contributed by atoms with Crippen LogP contribution in [0.3, 0.4) is 0 Å². The second-order valence-electron chi connectivity index (χ2n) is 9.86. The van der Waals surface area contributed by atoms with Crippen molar-refractivity contribution in [2.24, 2.45) is 4.99 Å². The lowest BCUT2D eigenvalue weighted by Crippen LogP contribution is -2.39. The molecule has 4 aromatic rings. The normalized spacial score (nSPS) is 14.7. The van der Waals surface area contributed by atoms with Gasteiger partial charge >= 0.3 is 5.97 Å². The van der Waals surface area contributed by atoms with Gasteiger partial charge in [-0.1, -0.05) is 71.0 Å². The zero-order valence-electron chi connectivity index (χ0n) is 24.1. The maximum atomic E-state index is 14.0. The van der Waals surface area contributed by atoms with E-state index in [1.165, 1.54) is 11.3 Å². The van der Waals surface area contributed by atoms with E-state index in [1.54, 1.807) is 24.5 Å². The highest BCUT2D eigenvalue weighted by atomic mass is 79.9. The van der Waals surface area contributed by atoms with E-state index in [-0.39, 0.29) is 18.8 Å². The van der Waals surface area contributed by atoms with Crippen LogP contribution < -0.4 is 24.4 Å². The van der Waals surface area contributed by atoms with Crippen LogP contribution in [0.2, 0.25) is 5.02 Å². The van der Waals surface area contributed by atoms with Crippen LogP contribution in [0.1, 0.15) is 49.1 Å². The maximum Gasteiger partial charge on any atom is 0.338 e. The van der Waals surface area contributed by atoms with Crippen LogP contribution in [-0.4, -0.2) is 23.8 Å². The van der Waals surface area contributed by atoms with Crippen LogP contribution >= 0.6 is 38.9 Å². The zero-order chi connectivity index (χ0) is 30.7. The van der Waals surface area contributed by atoms with Gasteiger partial charge in [0.15, 0.2) is 16.3 Å². The molecule has 0 amide bonds. The molecule has 222 valence electrons. The van der Waals surface area contributed by atoms with Crippen LogP contribution in [0.5, 0.6) is 11.5 Å². The fourth-order valence-electron chi connectivity index (χ4n) is 4.85. The molecule has 0 unspecified atom stereocenters. The number of aromatic nitrogens is 1. The number of fused-ring (bicyclic) bond motifs is 1. The van der Waals surface area contributed by atoms with Crippen LogP contribution in [0.15, 0.2) is 86.2 Å². The Morgan fingerprint density at radius 1 is 1.07 bits per heavy atom. The number of carbonyl (C=O) groups excluding carboxylic acids is 1. The average Bonchev–Trinajstić information content (AvgIpc) is 3.27. The summed E-state index contributed by atoms with van der Waals surface area (Å²) in [6, 6.07) is 18.3. The molecular weight excluding hydrogens is 652 g/mol. The van der Waals surface area contributed by atoms with E-state index in [2.05, 4.69) is 20.9 Å². The van der Waals surface area contributed by atoms with Crippen LogP contribution in [-0.2, 0) is 16.1 Å². The summed E-state index contributed by atoms with van der Waals surface area (Å²) in [5.41, 5.74) is 4.09. The van der Waals surface area contributed by atoms with Crippen molar-refractivity contribution >= 4 is 50.9 Å². The summed E-state index contributed by atoms with van der Waals surface area (Å²) in [6.45, 7) is 8.32. The molecule has 0 bridgehead atoms. The van der Waals surface area contributed by atoms with Gasteiger partial charge in [-0.25, -0.2) is 9.79 Å². The minimum absolute atomic E-state index is 0.218. The van der Waals surface area contributed by atoms with Crippen molar-refractivity contribution in [1.29, 1.82) is 0 Å². The lowest BCUT2D eigenvalue weighted by Gasteiger charge is -2.24. The first-order chi connectivity index (χ1) is 20.7. The molecule has 0 saturated heterocycles. The highest BCUT2D eigenvalue weighted by Gasteiger charge is 2.33. The molecule has 2 heterocycles. The molecule has 0 aliphatic carbocycles. The molecule has 7 nitrogen and oxygen atoms in total. The third-order valence-electron chi connectivity index (χ3n) is 6.87. The van der Waals surface area contributed by atoms with E-state index < -0.39 is 12.0 Å². The van der Waals surface area contributed by atoms with Crippen LogP contribution in [0.4, 0.5) is 0 Å². The van der Waals surface area contributed by atoms with Gasteiger partial charge in [-0.3, -0.25) is 9.36 Å². The first-order valence-electron chi connectivity index (χ1n) is 13.8. The van der Waals surface area contributed by atoms with E-state index in [9.17, 15) is 9.59 Å². The number of hydrogen-bond acceptors (Lipinski definition) is 7. The number of rotatable bonds is 9. The maximum absolute atomic E-state index is 14.0. The van der Waals surface area contributed by atoms with E-state index >= 15 is 0 Å². The molecule has 0 N–H and O–H groups in total. The highest BCUT2D eigenvalue weighted by molar-refractivity contribution is 9.10. The summed E-state index contributed by atoms with van der Waals surface area (Å²) in [5, 5.41) is 0.619. The molecule has 0 spiro atoms. The molecule has 1 aliphatic heterocycles. The Hall–Kier alpha value is -3.66. The van der Waals surface area contributed by atoms with Crippen molar-refractivity contribution < 1.29 is 19.0 Å². The molecule has 1 aliphatic rings. The van der Waals surface area contributed by atoms with E-state index in [4.69, 9.17) is 25.8 Å². The second-order valence-corrected chi connectivity index (χ2v) is 12.1. The van der Waals surface area contributed by atoms with Gasteiger partial charge in [-0.2, -0.15) is 0 Å². The van der Waals surface area contributed by atoms with Gasteiger partial charge in [0.25, 0.3) is 5.56 Å². The van der Waals surface area contributed by atoms with Gasteiger partial charge in [0.05, 0.1) is 39.5 Å². The first-order valence-corrected chi connectivity index (χ1v) is 15.8. The lowest BCUT2D eigenvalue weighted by atomic mass is 9.95. The van der Waals surface area contributed by atoms with Crippen molar-refractivity contribution in [2.45, 2.75) is 40.3 Å². The van der Waals surface area contributed by atoms with Gasteiger partial charge in [-0.15, -0.1) is 0 Å². The van der Waals surface area contributed by atoms with E-state index in [0.29, 0.717) is 48.2 Å². The molecule has 0 fully saturated rings. The fourth-order valence-corrected chi connectivity index (χ4v) is 6.66. The number of thiazole rings is 1. The lowest BCUT2D eigenvalue weighted by molar-refractivity contribution is -0.139. The Labute approximate surface area is 266 Å². The zero-order valence-corrected chi connectivity index (χ0v) is 27.3. The largest absolute Gasteiger partial charge is 0.490 e. The van der Waals surface area contributed by atoms with Gasteiger partial charge < -0.3 is 14.2 Å². The SMILES string of the molecule is CCOC(=O)C1=C(C)N=c2s/c(=C\c3cc(Br)c(OCc4ccccc4Cl)c(OCC)c3)c(=O)n2[C@@H]1c1ccc(C)cc1. The van der Waals surface area contributed by atoms with Gasteiger partial charge in [0.2, 0.25) is 0 Å². The number of esters is 1. The second kappa shape index (κ2) is 13.3. The Morgan fingerprint density at radius 2 is 1.81 bits per heavy atom. The van der Waals surface area contributed by atoms with Gasteiger partial charge in [0.1, 0.15) is 6.61 Å². The minimum Gasteiger partial charge on any atom is -0.490 e. The standard InChI is InChI=1S/C33H30BrClN2O5S/c1-5-40-26-16-21(15-24(34)30(26)42-18-23-9-7-8-10-25(23)35)17-27-31(38)37-29(22-13-11-19(3)12-14-22)28(32(39)41-6-2)20(4)36-33(37)43-27/h7-17,29H,5-6,18H2,1-4H3/b27-17-/t29-/m1/s1. The molecule has 1 atom stereocenters. The van der Waals surface area contributed by atoms with Crippen molar-refractivity contribution in [3.63, 3.8) is 0 Å². The molecule has 10 heteroatoms. The minimum atomic E-state index is -0.663. The van der Waals surface area contributed by atoms with E-state index in [0.717, 1.165) is 22.3 Å². The summed E-state index contributed by atoms with van der Waals surface area (Å²) >= 11 is 11.2. The number of nitrogens with zero attached hydrogens (tertiary/aromatic N) is 2. The molecule has 0 saturated carbocycles. The third kappa shape index (κ3) is 6.49. The third-order valence-corrected chi connectivity index (χ3v) is 8.81. The summed E-state index contributed by atoms with van der Waals surface area (Å²) in [7, 11) is 0. The number of ether oxygens (including phenoxy) is 3. The monoisotopic (exact) mass is 680 g/mol. The molecule has 5 rings (SSSR count). The van der Waals surface area contributed by atoms with Gasteiger partial charge in [0, 0.05) is 10.6 Å². The van der Waals surface area contributed by atoms with Crippen molar-refractivity contribution in [3.05, 3.63) is 123 Å². The van der Waals surface area contributed by atoms with Gasteiger partial charge in [-0.05, 0) is 79.0 Å². The Morgan fingerprint density at radius 3 is 2.51 bits per heavy atom. The average molecular weight is 682 g/mol. The Bertz CT molecular complexity index is 1900. The van der Waals surface area contributed by atoms with E-state index in [1.807, 2.05) is 74.5 Å². The highest BCUT2D eigenvalue weighted by Crippen LogP contribution is 2.38. The number of carbonyl (C=O) groups is 1. The predicted octanol–water partition coefficient (Wildman–Crippen LogP) is 6.50. The number of benzene rings is 3. The molecule has 43 heavy (non-hydrogen) atoms. The Kier molecular flexibility index (Phi) is 9.54. The van der Waals surface area contributed by atoms with Crippen LogP contribution in [0, 0.1) is 6.92 Å². The summed E-state index contributed by atoms with van der Waals surface area (Å²) in [4.78, 5) is 32.3. The number of halogens is 2. The van der Waals surface area contributed by atoms with Crippen molar-refractivity contribution in [3.8, 4) is 11.5 Å². The Balaban J connectivity index is 1.59. The number of hydrogen-bond donors (Lipinski definition) is 0. The molecule has 0 radical (unpaired) electrons. The smallest absolute Gasteiger partial charge is 0.338 e. The molecule has 1 aromatic heterocycles. The predicted molar refractivity (Wildman–Crippen MR) is 173 cm³/mol. The summed E-state index contributed by atoms with van der Waals surface area (Å²) in [5.74, 6) is 0.580. The topological polar surface area (TPSA) is 79.1 Å². The number of aryl methyl sites for hydroxylation is 1. The summed E-state index contributed by atoms with van der Waals surface area (Å²) in [6.07, 6.45) is 1.80. The summed E-state index contributed by atoms with van der Waals surface area (Å²) < 4.78 is 20.1. The quantitative estimate of drug-likeness (QED) is 0.189. The first kappa shape index (κ1) is 30.8. The molecular formula is C33H30BrClN2O5S. The number of allylic oxidation sites excluding steroid dienone is 1. The molecule has 3 aromatic carbocycles. The fraction of sp³-hybridized carbons (Fsp3) is 0.242.